The third-order valence-corrected chi connectivity index (χ3v) is 5.78. The van der Waals surface area contributed by atoms with Crippen LogP contribution in [0.4, 0.5) is 11.5 Å². The molecule has 7 heteroatoms. The van der Waals surface area contributed by atoms with Gasteiger partial charge >= 0.3 is 0 Å². The van der Waals surface area contributed by atoms with E-state index in [9.17, 15) is 4.79 Å². The van der Waals surface area contributed by atoms with Gasteiger partial charge in [-0.2, -0.15) is 0 Å². The Kier molecular flexibility index (Phi) is 5.64. The lowest BCUT2D eigenvalue weighted by Gasteiger charge is -2.33. The number of nitrogens with zero attached hydrogens (tertiary/aromatic N) is 4. The molecule has 0 bridgehead atoms. The second-order valence-corrected chi connectivity index (χ2v) is 7.60. The van der Waals surface area contributed by atoms with Gasteiger partial charge in [-0.05, 0) is 37.0 Å². The molecular formula is C22H28N6O. The molecule has 1 unspecified atom stereocenters. The number of hydrogen-bond acceptors (Lipinski definition) is 4. The molecule has 0 spiro atoms. The molecule has 1 aromatic heterocycles. The molecule has 0 aliphatic carbocycles. The van der Waals surface area contributed by atoms with Crippen LogP contribution in [0.3, 0.4) is 0 Å². The first-order chi connectivity index (χ1) is 14.2. The summed E-state index contributed by atoms with van der Waals surface area (Å²) in [5, 5.41) is 3.50. The van der Waals surface area contributed by atoms with Crippen molar-refractivity contribution in [3.8, 4) is 0 Å². The summed E-state index contributed by atoms with van der Waals surface area (Å²) < 4.78 is 0. The summed E-state index contributed by atoms with van der Waals surface area (Å²) in [6.45, 7) is 3.06. The minimum atomic E-state index is -0.224. The highest BCUT2D eigenvalue weighted by Gasteiger charge is 2.26. The highest BCUT2D eigenvalue weighted by molar-refractivity contribution is 5.97. The van der Waals surface area contributed by atoms with E-state index in [1.54, 1.807) is 6.20 Å². The number of hydrogen-bond donors (Lipinski definition) is 2. The van der Waals surface area contributed by atoms with Crippen molar-refractivity contribution in [2.24, 2.45) is 16.6 Å². The molecule has 2 aliphatic rings. The Labute approximate surface area is 171 Å². The van der Waals surface area contributed by atoms with Gasteiger partial charge < -0.3 is 20.9 Å². The predicted molar refractivity (Wildman–Crippen MR) is 116 cm³/mol. The van der Waals surface area contributed by atoms with E-state index in [2.05, 4.69) is 55.4 Å². The molecule has 29 heavy (non-hydrogen) atoms. The Morgan fingerprint density at radius 3 is 2.97 bits per heavy atom. The number of anilines is 2. The number of carbonyl (C=O) groups excluding carboxylic acids is 1. The SMILES string of the molecule is CN=C(NCc1cccnc1N1CCCC(C(N)=O)C1)N1CCc2ccccc21. The zero-order valence-electron chi connectivity index (χ0n) is 16.8. The van der Waals surface area contributed by atoms with E-state index in [1.165, 1.54) is 11.3 Å². The molecule has 0 saturated carbocycles. The van der Waals surface area contributed by atoms with Crippen LogP contribution in [-0.4, -0.2) is 43.5 Å². The van der Waals surface area contributed by atoms with E-state index < -0.39 is 0 Å². The van der Waals surface area contributed by atoms with Crippen molar-refractivity contribution in [3.63, 3.8) is 0 Å². The summed E-state index contributed by atoms with van der Waals surface area (Å²) in [6, 6.07) is 12.5. The number of piperidine rings is 1. The van der Waals surface area contributed by atoms with Gasteiger partial charge in [0.25, 0.3) is 0 Å². The lowest BCUT2D eigenvalue weighted by Crippen LogP contribution is -2.43. The van der Waals surface area contributed by atoms with Crippen molar-refractivity contribution < 1.29 is 4.79 Å². The summed E-state index contributed by atoms with van der Waals surface area (Å²) in [6.07, 6.45) is 4.63. The van der Waals surface area contributed by atoms with Crippen LogP contribution in [-0.2, 0) is 17.8 Å². The van der Waals surface area contributed by atoms with Crippen LogP contribution >= 0.6 is 0 Å². The minimum absolute atomic E-state index is 0.111. The van der Waals surface area contributed by atoms with Crippen molar-refractivity contribution in [1.82, 2.24) is 10.3 Å². The van der Waals surface area contributed by atoms with Crippen molar-refractivity contribution in [2.75, 3.05) is 36.5 Å². The molecule has 152 valence electrons. The molecule has 3 heterocycles. The summed E-state index contributed by atoms with van der Waals surface area (Å²) in [7, 11) is 1.81. The molecule has 1 amide bonds. The largest absolute Gasteiger partial charge is 0.369 e. The predicted octanol–water partition coefficient (Wildman–Crippen LogP) is 1.92. The molecule has 1 fully saturated rings. The summed E-state index contributed by atoms with van der Waals surface area (Å²) in [4.78, 5) is 25.2. The van der Waals surface area contributed by atoms with E-state index in [0.717, 1.165) is 49.7 Å². The number of benzene rings is 1. The van der Waals surface area contributed by atoms with Gasteiger partial charge in [0.1, 0.15) is 5.82 Å². The molecule has 7 nitrogen and oxygen atoms in total. The van der Waals surface area contributed by atoms with Crippen LogP contribution in [0, 0.1) is 5.92 Å². The quantitative estimate of drug-likeness (QED) is 0.613. The number of guanidine groups is 1. The molecular weight excluding hydrogens is 364 g/mol. The molecule has 1 saturated heterocycles. The van der Waals surface area contributed by atoms with Crippen LogP contribution in [0.15, 0.2) is 47.6 Å². The Bertz CT molecular complexity index is 912. The Balaban J connectivity index is 1.48. The monoisotopic (exact) mass is 392 g/mol. The molecule has 3 N–H and O–H groups in total. The first-order valence-electron chi connectivity index (χ1n) is 10.2. The number of pyridine rings is 1. The van der Waals surface area contributed by atoms with Gasteiger partial charge in [0.05, 0.1) is 5.92 Å². The Morgan fingerprint density at radius 1 is 1.28 bits per heavy atom. The smallest absolute Gasteiger partial charge is 0.222 e. The molecule has 2 aromatic rings. The van der Waals surface area contributed by atoms with Gasteiger partial charge in [-0.15, -0.1) is 0 Å². The zero-order chi connectivity index (χ0) is 20.2. The normalized spacial score (nSPS) is 19.2. The van der Waals surface area contributed by atoms with E-state index in [4.69, 9.17) is 5.73 Å². The number of fused-ring (bicyclic) bond motifs is 1. The van der Waals surface area contributed by atoms with E-state index in [1.807, 2.05) is 13.1 Å². The van der Waals surface area contributed by atoms with Crippen LogP contribution in [0.25, 0.3) is 0 Å². The molecule has 1 aromatic carbocycles. The van der Waals surface area contributed by atoms with Crippen molar-refractivity contribution in [2.45, 2.75) is 25.8 Å². The fourth-order valence-corrected chi connectivity index (χ4v) is 4.28. The number of nitrogens with one attached hydrogen (secondary N) is 1. The minimum Gasteiger partial charge on any atom is -0.369 e. The van der Waals surface area contributed by atoms with Crippen LogP contribution in [0.2, 0.25) is 0 Å². The number of carbonyl (C=O) groups is 1. The average molecular weight is 393 g/mol. The van der Waals surface area contributed by atoms with E-state index >= 15 is 0 Å². The van der Waals surface area contributed by atoms with Gasteiger partial charge in [0.15, 0.2) is 5.96 Å². The number of aliphatic imine (C=N–C) groups is 1. The van der Waals surface area contributed by atoms with E-state index in [-0.39, 0.29) is 11.8 Å². The maximum atomic E-state index is 11.7. The lowest BCUT2D eigenvalue weighted by atomic mass is 9.97. The molecule has 1 atom stereocenters. The Hall–Kier alpha value is -3.09. The fraction of sp³-hybridized carbons (Fsp3) is 0.409. The van der Waals surface area contributed by atoms with Gasteiger partial charge in [-0.1, -0.05) is 24.3 Å². The summed E-state index contributed by atoms with van der Waals surface area (Å²) >= 11 is 0. The second-order valence-electron chi connectivity index (χ2n) is 7.60. The lowest BCUT2D eigenvalue weighted by molar-refractivity contribution is -0.122. The number of para-hydroxylation sites is 1. The molecule has 2 aliphatic heterocycles. The van der Waals surface area contributed by atoms with Gasteiger partial charge in [0, 0.05) is 50.7 Å². The third kappa shape index (κ3) is 4.04. The average Bonchev–Trinajstić information content (AvgIpc) is 3.19. The summed E-state index contributed by atoms with van der Waals surface area (Å²) in [5.41, 5.74) is 9.21. The highest BCUT2D eigenvalue weighted by Crippen LogP contribution is 2.28. The van der Waals surface area contributed by atoms with Crippen molar-refractivity contribution in [3.05, 3.63) is 53.7 Å². The standard InChI is InChI=1S/C22H28N6O/c1-24-22(28-13-10-16-6-2-3-9-19(16)28)26-14-17-7-4-11-25-21(17)27-12-5-8-18(15-27)20(23)29/h2-4,6-7,9,11,18H,5,8,10,12-15H2,1H3,(H2,23,29)(H,24,26). The van der Waals surface area contributed by atoms with E-state index in [0.29, 0.717) is 13.1 Å². The van der Waals surface area contributed by atoms with Crippen molar-refractivity contribution in [1.29, 1.82) is 0 Å². The maximum Gasteiger partial charge on any atom is 0.222 e. The first kappa shape index (κ1) is 19.2. The summed E-state index contributed by atoms with van der Waals surface area (Å²) in [5.74, 6) is 1.44. The van der Waals surface area contributed by atoms with Gasteiger partial charge in [0.2, 0.25) is 5.91 Å². The van der Waals surface area contributed by atoms with Crippen molar-refractivity contribution >= 4 is 23.4 Å². The zero-order valence-corrected chi connectivity index (χ0v) is 16.8. The molecule has 4 rings (SSSR count). The fourth-order valence-electron chi connectivity index (χ4n) is 4.28. The Morgan fingerprint density at radius 2 is 2.14 bits per heavy atom. The first-order valence-corrected chi connectivity index (χ1v) is 10.2. The topological polar surface area (TPSA) is 86.9 Å². The highest BCUT2D eigenvalue weighted by atomic mass is 16.1. The number of rotatable bonds is 4. The molecule has 0 radical (unpaired) electrons. The van der Waals surface area contributed by atoms with Crippen LogP contribution in [0.5, 0.6) is 0 Å². The van der Waals surface area contributed by atoms with Gasteiger partial charge in [-0.3, -0.25) is 9.79 Å². The number of primary amides is 1. The van der Waals surface area contributed by atoms with Gasteiger partial charge in [-0.25, -0.2) is 4.98 Å². The number of aromatic nitrogens is 1. The number of amides is 1. The second kappa shape index (κ2) is 8.51. The third-order valence-electron chi connectivity index (χ3n) is 5.78. The van der Waals surface area contributed by atoms with Crippen LogP contribution in [0.1, 0.15) is 24.0 Å². The number of nitrogens with two attached hydrogens (primary N) is 1. The van der Waals surface area contributed by atoms with Crippen LogP contribution < -0.4 is 20.9 Å². The maximum absolute atomic E-state index is 11.7.